The summed E-state index contributed by atoms with van der Waals surface area (Å²) in [5, 5.41) is 0. The summed E-state index contributed by atoms with van der Waals surface area (Å²) in [6.07, 6.45) is 3.33. The van der Waals surface area contributed by atoms with E-state index in [1.807, 2.05) is 0 Å². The number of ether oxygens (including phenoxy) is 1. The summed E-state index contributed by atoms with van der Waals surface area (Å²) in [6.45, 7) is 10.1. The lowest BCUT2D eigenvalue weighted by Crippen LogP contribution is -2.53. The molecular formula is C18H27BrN2O. The summed E-state index contributed by atoms with van der Waals surface area (Å²) in [6, 6.07) is 9.42. The van der Waals surface area contributed by atoms with Crippen molar-refractivity contribution in [3.8, 4) is 0 Å². The van der Waals surface area contributed by atoms with Gasteiger partial charge in [0.15, 0.2) is 0 Å². The van der Waals surface area contributed by atoms with Crippen LogP contribution in [0.2, 0.25) is 0 Å². The molecule has 0 aromatic heterocycles. The molecule has 122 valence electrons. The fourth-order valence-corrected chi connectivity index (χ4v) is 4.30. The van der Waals surface area contributed by atoms with Crippen molar-refractivity contribution in [2.24, 2.45) is 0 Å². The Morgan fingerprint density at radius 1 is 1.14 bits per heavy atom. The van der Waals surface area contributed by atoms with Crippen LogP contribution in [0.4, 0.5) is 0 Å². The molecular weight excluding hydrogens is 340 g/mol. The highest BCUT2D eigenvalue weighted by atomic mass is 79.9. The first-order valence-corrected chi connectivity index (χ1v) is 9.26. The van der Waals surface area contributed by atoms with Gasteiger partial charge in [-0.1, -0.05) is 28.1 Å². The van der Waals surface area contributed by atoms with E-state index in [0.717, 1.165) is 25.7 Å². The Hall–Kier alpha value is -0.420. The first-order chi connectivity index (χ1) is 10.6. The maximum Gasteiger partial charge on any atom is 0.0678 e. The molecule has 0 aliphatic carbocycles. The maximum absolute atomic E-state index is 5.86. The minimum Gasteiger partial charge on any atom is -0.373 e. The Kier molecular flexibility index (Phi) is 5.55. The molecule has 2 aliphatic heterocycles. The van der Waals surface area contributed by atoms with Gasteiger partial charge in [0.25, 0.3) is 0 Å². The predicted molar refractivity (Wildman–Crippen MR) is 94.0 cm³/mol. The molecule has 0 bridgehead atoms. The lowest BCUT2D eigenvalue weighted by Gasteiger charge is -2.43. The third-order valence-electron chi connectivity index (χ3n) is 4.82. The maximum atomic E-state index is 5.86. The van der Waals surface area contributed by atoms with Crippen molar-refractivity contribution in [2.45, 2.75) is 51.5 Å². The van der Waals surface area contributed by atoms with Gasteiger partial charge in [-0.3, -0.25) is 9.80 Å². The molecule has 0 N–H and O–H groups in total. The standard InChI is InChI=1S/C18H27BrN2O/c1-14-11-21(12-15(2)22-14)18-6-8-20(9-7-18)13-16-4-3-5-17(19)10-16/h3-5,10,14-15,18H,6-9,11-13H2,1-2H3/t14-,15+. The second-order valence-corrected chi connectivity index (χ2v) is 7.76. The smallest absolute Gasteiger partial charge is 0.0678 e. The molecule has 1 aromatic rings. The molecule has 2 saturated heterocycles. The van der Waals surface area contributed by atoms with Crippen molar-refractivity contribution < 1.29 is 4.74 Å². The van der Waals surface area contributed by atoms with E-state index in [9.17, 15) is 0 Å². The summed E-state index contributed by atoms with van der Waals surface area (Å²) < 4.78 is 7.04. The third kappa shape index (κ3) is 4.31. The van der Waals surface area contributed by atoms with E-state index in [1.54, 1.807) is 0 Å². The van der Waals surface area contributed by atoms with Gasteiger partial charge in [-0.15, -0.1) is 0 Å². The van der Waals surface area contributed by atoms with Crippen LogP contribution in [-0.4, -0.2) is 54.2 Å². The fourth-order valence-electron chi connectivity index (χ4n) is 3.85. The highest BCUT2D eigenvalue weighted by Gasteiger charge is 2.30. The number of rotatable bonds is 3. The summed E-state index contributed by atoms with van der Waals surface area (Å²) in [4.78, 5) is 5.25. The van der Waals surface area contributed by atoms with Crippen LogP contribution in [0.25, 0.3) is 0 Å². The molecule has 0 spiro atoms. The molecule has 4 heteroatoms. The highest BCUT2D eigenvalue weighted by molar-refractivity contribution is 9.10. The summed E-state index contributed by atoms with van der Waals surface area (Å²) in [7, 11) is 0. The van der Waals surface area contributed by atoms with Gasteiger partial charge in [0.2, 0.25) is 0 Å². The van der Waals surface area contributed by atoms with Gasteiger partial charge in [0.1, 0.15) is 0 Å². The van der Waals surface area contributed by atoms with Crippen molar-refractivity contribution in [1.29, 1.82) is 0 Å². The molecule has 3 nitrogen and oxygen atoms in total. The zero-order valence-electron chi connectivity index (χ0n) is 13.7. The van der Waals surface area contributed by atoms with Crippen LogP contribution in [0.1, 0.15) is 32.3 Å². The van der Waals surface area contributed by atoms with Crippen molar-refractivity contribution in [3.63, 3.8) is 0 Å². The molecule has 2 aliphatic rings. The normalized spacial score (nSPS) is 28.9. The fraction of sp³-hybridized carbons (Fsp3) is 0.667. The second kappa shape index (κ2) is 7.43. The molecule has 2 heterocycles. The monoisotopic (exact) mass is 366 g/mol. The van der Waals surface area contributed by atoms with Crippen molar-refractivity contribution in [1.82, 2.24) is 9.80 Å². The van der Waals surface area contributed by atoms with Crippen LogP contribution in [0.5, 0.6) is 0 Å². The van der Waals surface area contributed by atoms with E-state index in [1.165, 1.54) is 36.0 Å². The average molecular weight is 367 g/mol. The Labute approximate surface area is 142 Å². The number of halogens is 1. The van der Waals surface area contributed by atoms with E-state index in [4.69, 9.17) is 4.74 Å². The Balaban J connectivity index is 1.50. The summed E-state index contributed by atoms with van der Waals surface area (Å²) in [5.41, 5.74) is 1.40. The predicted octanol–water partition coefficient (Wildman–Crippen LogP) is 3.52. The topological polar surface area (TPSA) is 15.7 Å². The van der Waals surface area contributed by atoms with Crippen molar-refractivity contribution in [2.75, 3.05) is 26.2 Å². The van der Waals surface area contributed by atoms with Crippen LogP contribution in [-0.2, 0) is 11.3 Å². The van der Waals surface area contributed by atoms with Gasteiger partial charge in [-0.2, -0.15) is 0 Å². The van der Waals surface area contributed by atoms with Crippen LogP contribution in [0.3, 0.4) is 0 Å². The zero-order chi connectivity index (χ0) is 15.5. The van der Waals surface area contributed by atoms with Crippen LogP contribution >= 0.6 is 15.9 Å². The largest absolute Gasteiger partial charge is 0.373 e. The van der Waals surface area contributed by atoms with Gasteiger partial charge in [0, 0.05) is 30.1 Å². The van der Waals surface area contributed by atoms with Gasteiger partial charge >= 0.3 is 0 Å². The van der Waals surface area contributed by atoms with Crippen LogP contribution in [0.15, 0.2) is 28.7 Å². The first-order valence-electron chi connectivity index (χ1n) is 8.46. The van der Waals surface area contributed by atoms with E-state index in [0.29, 0.717) is 12.2 Å². The molecule has 2 fully saturated rings. The molecule has 3 rings (SSSR count). The van der Waals surface area contributed by atoms with Crippen molar-refractivity contribution >= 4 is 15.9 Å². The Morgan fingerprint density at radius 2 is 1.82 bits per heavy atom. The summed E-state index contributed by atoms with van der Waals surface area (Å²) >= 11 is 3.56. The Morgan fingerprint density at radius 3 is 2.45 bits per heavy atom. The van der Waals surface area contributed by atoms with Crippen LogP contribution < -0.4 is 0 Å². The van der Waals surface area contributed by atoms with Gasteiger partial charge < -0.3 is 4.74 Å². The molecule has 1 aromatic carbocycles. The van der Waals surface area contributed by atoms with Crippen LogP contribution in [0, 0.1) is 0 Å². The minimum atomic E-state index is 0.378. The van der Waals surface area contributed by atoms with Gasteiger partial charge in [-0.05, 0) is 57.5 Å². The van der Waals surface area contributed by atoms with Gasteiger partial charge in [-0.25, -0.2) is 0 Å². The number of likely N-dealkylation sites (tertiary alicyclic amines) is 1. The summed E-state index contributed by atoms with van der Waals surface area (Å²) in [5.74, 6) is 0. The van der Waals surface area contributed by atoms with E-state index in [-0.39, 0.29) is 0 Å². The Bertz CT molecular complexity index is 478. The number of morpholine rings is 1. The minimum absolute atomic E-state index is 0.378. The van der Waals surface area contributed by atoms with Crippen molar-refractivity contribution in [3.05, 3.63) is 34.3 Å². The number of hydrogen-bond donors (Lipinski definition) is 0. The molecule has 22 heavy (non-hydrogen) atoms. The zero-order valence-corrected chi connectivity index (χ0v) is 15.3. The number of benzene rings is 1. The molecule has 2 atom stereocenters. The second-order valence-electron chi connectivity index (χ2n) is 6.85. The van der Waals surface area contributed by atoms with E-state index in [2.05, 4.69) is 63.8 Å². The van der Waals surface area contributed by atoms with Gasteiger partial charge in [0.05, 0.1) is 12.2 Å². The molecule has 0 radical (unpaired) electrons. The highest BCUT2D eigenvalue weighted by Crippen LogP contribution is 2.23. The average Bonchev–Trinajstić information content (AvgIpc) is 2.47. The molecule has 0 unspecified atom stereocenters. The lowest BCUT2D eigenvalue weighted by molar-refractivity contribution is -0.0865. The SMILES string of the molecule is C[C@@H]1CN(C2CCN(Cc3cccc(Br)c3)CC2)C[C@H](C)O1. The molecule has 0 saturated carbocycles. The molecule has 0 amide bonds. The first kappa shape index (κ1) is 16.4. The third-order valence-corrected chi connectivity index (χ3v) is 5.31. The van der Waals surface area contributed by atoms with E-state index < -0.39 is 0 Å². The number of piperidine rings is 1. The van der Waals surface area contributed by atoms with E-state index >= 15 is 0 Å². The quantitative estimate of drug-likeness (QED) is 0.813. The lowest BCUT2D eigenvalue weighted by atomic mass is 10.0. The number of nitrogens with zero attached hydrogens (tertiary/aromatic N) is 2. The number of hydrogen-bond acceptors (Lipinski definition) is 3.